The fraction of sp³-hybridized carbons (Fsp3) is 0.727. The molecule has 0 aliphatic heterocycles. The van der Waals surface area contributed by atoms with Crippen molar-refractivity contribution in [2.45, 2.75) is 13.8 Å². The van der Waals surface area contributed by atoms with Crippen molar-refractivity contribution in [2.24, 2.45) is 4.99 Å². The highest BCUT2D eigenvalue weighted by Gasteiger charge is 1.95. The molecule has 0 unspecified atom stereocenters. The van der Waals surface area contributed by atoms with E-state index in [1.165, 1.54) is 0 Å². The van der Waals surface area contributed by atoms with E-state index in [0.29, 0.717) is 6.54 Å². The Labute approximate surface area is 116 Å². The molecule has 0 amide bonds. The molecule has 2 N–H and O–H groups in total. The average molecular weight is 338 g/mol. The fourth-order valence-electron chi connectivity index (χ4n) is 0.967. The Kier molecular flexibility index (Phi) is 14.1. The van der Waals surface area contributed by atoms with E-state index >= 15 is 0 Å². The largest absolute Gasteiger partial charge is 0.357 e. The summed E-state index contributed by atoms with van der Waals surface area (Å²) < 4.78 is 0. The van der Waals surface area contributed by atoms with Gasteiger partial charge in [-0.25, -0.2) is 0 Å². The SMILES string of the molecule is C#CCNC(=NCCN(C)CC)NCC.I. The molecule has 0 aliphatic carbocycles. The van der Waals surface area contributed by atoms with E-state index in [-0.39, 0.29) is 24.0 Å². The van der Waals surface area contributed by atoms with Gasteiger partial charge in [-0.15, -0.1) is 30.4 Å². The first-order valence-corrected chi connectivity index (χ1v) is 5.38. The number of rotatable bonds is 6. The third-order valence-corrected chi connectivity index (χ3v) is 1.99. The fourth-order valence-corrected chi connectivity index (χ4v) is 0.967. The highest BCUT2D eigenvalue weighted by molar-refractivity contribution is 14.0. The van der Waals surface area contributed by atoms with E-state index in [9.17, 15) is 0 Å². The third kappa shape index (κ3) is 10.1. The monoisotopic (exact) mass is 338 g/mol. The summed E-state index contributed by atoms with van der Waals surface area (Å²) >= 11 is 0. The molecule has 0 spiro atoms. The number of hydrogen-bond donors (Lipinski definition) is 2. The first-order chi connectivity index (χ1) is 7.24. The topological polar surface area (TPSA) is 39.7 Å². The van der Waals surface area contributed by atoms with Gasteiger partial charge in [0.15, 0.2) is 5.96 Å². The van der Waals surface area contributed by atoms with E-state index in [1.54, 1.807) is 0 Å². The van der Waals surface area contributed by atoms with Crippen LogP contribution in [0.4, 0.5) is 0 Å². The van der Waals surface area contributed by atoms with Crippen molar-refractivity contribution in [2.75, 3.05) is 39.8 Å². The Bertz CT molecular complexity index is 223. The van der Waals surface area contributed by atoms with Crippen molar-refractivity contribution >= 4 is 29.9 Å². The van der Waals surface area contributed by atoms with Crippen LogP contribution in [-0.2, 0) is 0 Å². The lowest BCUT2D eigenvalue weighted by Crippen LogP contribution is -2.38. The van der Waals surface area contributed by atoms with Gasteiger partial charge < -0.3 is 15.5 Å². The lowest BCUT2D eigenvalue weighted by molar-refractivity contribution is 0.363. The van der Waals surface area contributed by atoms with Gasteiger partial charge in [-0.05, 0) is 20.5 Å². The quantitative estimate of drug-likeness (QED) is 0.325. The van der Waals surface area contributed by atoms with Crippen LogP contribution in [0.5, 0.6) is 0 Å². The zero-order valence-electron chi connectivity index (χ0n) is 10.4. The summed E-state index contributed by atoms with van der Waals surface area (Å²) in [4.78, 5) is 6.61. The zero-order valence-corrected chi connectivity index (χ0v) is 12.7. The molecule has 0 atom stereocenters. The van der Waals surface area contributed by atoms with Gasteiger partial charge in [-0.3, -0.25) is 4.99 Å². The zero-order chi connectivity index (χ0) is 11.5. The standard InChI is InChI=1S/C11H22N4.HI/c1-5-8-13-11(12-6-2)14-9-10-15(4)7-3;/h1H,6-10H2,2-4H3,(H2,12,13,14);1H. The molecule has 0 heterocycles. The number of likely N-dealkylation sites (N-methyl/N-ethyl adjacent to an activating group) is 1. The second-order valence-electron chi connectivity index (χ2n) is 3.21. The molecule has 0 aliphatic rings. The van der Waals surface area contributed by atoms with Gasteiger partial charge in [0.05, 0.1) is 13.1 Å². The first-order valence-electron chi connectivity index (χ1n) is 5.38. The molecule has 16 heavy (non-hydrogen) atoms. The van der Waals surface area contributed by atoms with Crippen LogP contribution >= 0.6 is 24.0 Å². The number of hydrogen-bond acceptors (Lipinski definition) is 2. The van der Waals surface area contributed by atoms with E-state index in [1.807, 2.05) is 6.92 Å². The third-order valence-electron chi connectivity index (χ3n) is 1.99. The smallest absolute Gasteiger partial charge is 0.192 e. The van der Waals surface area contributed by atoms with Crippen molar-refractivity contribution in [1.82, 2.24) is 15.5 Å². The van der Waals surface area contributed by atoms with Crippen LogP contribution < -0.4 is 10.6 Å². The number of guanidine groups is 1. The van der Waals surface area contributed by atoms with Crippen molar-refractivity contribution in [3.63, 3.8) is 0 Å². The molecule has 0 aromatic carbocycles. The predicted octanol–water partition coefficient (Wildman–Crippen LogP) is 0.744. The van der Waals surface area contributed by atoms with Gasteiger partial charge >= 0.3 is 0 Å². The molecule has 0 radical (unpaired) electrons. The summed E-state index contributed by atoms with van der Waals surface area (Å²) in [6.45, 7) is 8.31. The van der Waals surface area contributed by atoms with Crippen molar-refractivity contribution < 1.29 is 0 Å². The molecular formula is C11H23IN4. The highest BCUT2D eigenvalue weighted by atomic mass is 127. The molecule has 0 aromatic rings. The predicted molar refractivity (Wildman–Crippen MR) is 81.4 cm³/mol. The average Bonchev–Trinajstić information content (AvgIpc) is 2.25. The molecule has 0 saturated carbocycles. The van der Waals surface area contributed by atoms with Gasteiger partial charge in [-0.1, -0.05) is 12.8 Å². The van der Waals surface area contributed by atoms with Gasteiger partial charge in [0.2, 0.25) is 0 Å². The molecular weight excluding hydrogens is 315 g/mol. The maximum Gasteiger partial charge on any atom is 0.192 e. The lowest BCUT2D eigenvalue weighted by Gasteiger charge is -2.13. The van der Waals surface area contributed by atoms with Gasteiger partial charge in [0, 0.05) is 13.1 Å². The van der Waals surface area contributed by atoms with Crippen LogP contribution in [0.2, 0.25) is 0 Å². The maximum atomic E-state index is 5.17. The van der Waals surface area contributed by atoms with Gasteiger partial charge in [0.1, 0.15) is 0 Å². The number of aliphatic imine (C=N–C) groups is 1. The van der Waals surface area contributed by atoms with Gasteiger partial charge in [-0.2, -0.15) is 0 Å². The van der Waals surface area contributed by atoms with Crippen molar-refractivity contribution in [1.29, 1.82) is 0 Å². The van der Waals surface area contributed by atoms with E-state index in [4.69, 9.17) is 6.42 Å². The van der Waals surface area contributed by atoms with Crippen LogP contribution in [0.1, 0.15) is 13.8 Å². The van der Waals surface area contributed by atoms with E-state index < -0.39 is 0 Å². The Morgan fingerprint density at radius 3 is 2.56 bits per heavy atom. The second kappa shape index (κ2) is 12.6. The number of halogens is 1. The first kappa shape index (κ1) is 17.9. The summed E-state index contributed by atoms with van der Waals surface area (Å²) in [5, 5.41) is 6.18. The van der Waals surface area contributed by atoms with Crippen LogP contribution in [0.3, 0.4) is 0 Å². The molecule has 94 valence electrons. The minimum Gasteiger partial charge on any atom is -0.357 e. The number of nitrogens with zero attached hydrogens (tertiary/aromatic N) is 2. The minimum atomic E-state index is 0. The molecule has 0 rings (SSSR count). The number of terminal acetylenes is 1. The summed E-state index contributed by atoms with van der Waals surface area (Å²) in [5.41, 5.74) is 0. The summed E-state index contributed by atoms with van der Waals surface area (Å²) in [6.07, 6.45) is 5.17. The van der Waals surface area contributed by atoms with Crippen LogP contribution in [0, 0.1) is 12.3 Å². The minimum absolute atomic E-state index is 0. The number of nitrogens with one attached hydrogen (secondary N) is 2. The second-order valence-corrected chi connectivity index (χ2v) is 3.21. The van der Waals surface area contributed by atoms with E-state index in [2.05, 4.69) is 40.4 Å². The summed E-state index contributed by atoms with van der Waals surface area (Å²) in [6, 6.07) is 0. The van der Waals surface area contributed by atoms with Crippen molar-refractivity contribution in [3.8, 4) is 12.3 Å². The van der Waals surface area contributed by atoms with Crippen molar-refractivity contribution in [3.05, 3.63) is 0 Å². The van der Waals surface area contributed by atoms with Crippen LogP contribution in [0.15, 0.2) is 4.99 Å². The molecule has 0 aromatic heterocycles. The Morgan fingerprint density at radius 1 is 1.38 bits per heavy atom. The van der Waals surface area contributed by atoms with Crippen LogP contribution in [0.25, 0.3) is 0 Å². The van der Waals surface area contributed by atoms with Gasteiger partial charge in [0.25, 0.3) is 0 Å². The summed E-state index contributed by atoms with van der Waals surface area (Å²) in [5.74, 6) is 3.32. The van der Waals surface area contributed by atoms with Crippen LogP contribution in [-0.4, -0.2) is 50.6 Å². The molecule has 4 nitrogen and oxygen atoms in total. The Morgan fingerprint density at radius 2 is 2.06 bits per heavy atom. The Hall–Kier alpha value is -0.480. The highest BCUT2D eigenvalue weighted by Crippen LogP contribution is 1.81. The lowest BCUT2D eigenvalue weighted by atomic mass is 10.5. The molecule has 0 saturated heterocycles. The normalized spacial score (nSPS) is 10.6. The Balaban J connectivity index is 0. The molecule has 5 heteroatoms. The molecule has 0 bridgehead atoms. The molecule has 0 fully saturated rings. The van der Waals surface area contributed by atoms with E-state index in [0.717, 1.165) is 32.1 Å². The maximum absolute atomic E-state index is 5.17. The summed E-state index contributed by atoms with van der Waals surface area (Å²) in [7, 11) is 2.08.